The average Bonchev–Trinajstić information content (AvgIpc) is 3.25. The zero-order valence-corrected chi connectivity index (χ0v) is 18.0. The van der Waals surface area contributed by atoms with E-state index in [2.05, 4.69) is 22.3 Å². The van der Waals surface area contributed by atoms with Crippen molar-refractivity contribution in [1.29, 1.82) is 0 Å². The number of carbonyl (C=O) groups is 1. The summed E-state index contributed by atoms with van der Waals surface area (Å²) in [5.41, 5.74) is 1.17. The smallest absolute Gasteiger partial charge is 0.234 e. The Balaban J connectivity index is 1.22. The Morgan fingerprint density at radius 1 is 1.06 bits per heavy atom. The highest BCUT2D eigenvalue weighted by molar-refractivity contribution is 5.78. The van der Waals surface area contributed by atoms with Gasteiger partial charge in [-0.25, -0.2) is 0 Å². The largest absolute Gasteiger partial charge is 0.494 e. The SMILES string of the molecule is CCOc1ccc(OCCNC(=O)CN2CCC[C@@H]2c2ccc3c(c2)OCCO3)cc1. The van der Waals surface area contributed by atoms with Gasteiger partial charge in [0.05, 0.1) is 19.7 Å². The minimum Gasteiger partial charge on any atom is -0.494 e. The number of ether oxygens (including phenoxy) is 4. The minimum atomic E-state index is 0.0136. The number of fused-ring (bicyclic) bond motifs is 1. The fourth-order valence-corrected chi connectivity index (χ4v) is 4.06. The summed E-state index contributed by atoms with van der Waals surface area (Å²) in [6, 6.07) is 13.8. The second kappa shape index (κ2) is 10.4. The third kappa shape index (κ3) is 5.61. The van der Waals surface area contributed by atoms with E-state index in [0.29, 0.717) is 39.5 Å². The molecule has 1 amide bonds. The fourth-order valence-electron chi connectivity index (χ4n) is 4.06. The minimum absolute atomic E-state index is 0.0136. The van der Waals surface area contributed by atoms with Gasteiger partial charge in [0.2, 0.25) is 5.91 Å². The summed E-state index contributed by atoms with van der Waals surface area (Å²) in [7, 11) is 0. The third-order valence-corrected chi connectivity index (χ3v) is 5.49. The Hall–Kier alpha value is -2.93. The number of hydrogen-bond donors (Lipinski definition) is 1. The molecule has 0 bridgehead atoms. The Bertz CT molecular complexity index is 871. The quantitative estimate of drug-likeness (QED) is 0.621. The van der Waals surface area contributed by atoms with Gasteiger partial charge in [-0.1, -0.05) is 6.07 Å². The Kier molecular flexibility index (Phi) is 7.14. The molecule has 0 aromatic heterocycles. The molecule has 0 unspecified atom stereocenters. The predicted molar refractivity (Wildman–Crippen MR) is 117 cm³/mol. The second-order valence-corrected chi connectivity index (χ2v) is 7.63. The molecule has 1 fully saturated rings. The van der Waals surface area contributed by atoms with Crippen molar-refractivity contribution in [3.05, 3.63) is 48.0 Å². The fraction of sp³-hybridized carbons (Fsp3) is 0.458. The van der Waals surface area contributed by atoms with Gasteiger partial charge in [0.1, 0.15) is 31.3 Å². The molecular weight excluding hydrogens is 396 g/mol. The van der Waals surface area contributed by atoms with E-state index in [4.69, 9.17) is 18.9 Å². The van der Waals surface area contributed by atoms with Crippen molar-refractivity contribution in [1.82, 2.24) is 10.2 Å². The van der Waals surface area contributed by atoms with Crippen LogP contribution < -0.4 is 24.3 Å². The summed E-state index contributed by atoms with van der Waals surface area (Å²) in [6.07, 6.45) is 2.11. The summed E-state index contributed by atoms with van der Waals surface area (Å²) in [5.74, 6) is 3.19. The van der Waals surface area contributed by atoms with E-state index >= 15 is 0 Å². The summed E-state index contributed by atoms with van der Waals surface area (Å²) in [4.78, 5) is 14.7. The standard InChI is InChI=1S/C24H30N2O5/c1-2-28-19-6-8-20(9-7-19)29-13-11-25-24(27)17-26-12-3-4-21(26)18-5-10-22-23(16-18)31-15-14-30-22/h5-10,16,21H,2-4,11-15,17H2,1H3,(H,25,27)/t21-/m1/s1. The second-order valence-electron chi connectivity index (χ2n) is 7.63. The van der Waals surface area contributed by atoms with Crippen LogP contribution in [0.1, 0.15) is 31.4 Å². The molecule has 0 saturated carbocycles. The number of amides is 1. The van der Waals surface area contributed by atoms with Gasteiger partial charge in [0.25, 0.3) is 0 Å². The molecular formula is C24H30N2O5. The third-order valence-electron chi connectivity index (χ3n) is 5.49. The Morgan fingerprint density at radius 2 is 1.81 bits per heavy atom. The van der Waals surface area contributed by atoms with Gasteiger partial charge in [-0.15, -0.1) is 0 Å². The van der Waals surface area contributed by atoms with E-state index in [1.165, 1.54) is 5.56 Å². The van der Waals surface area contributed by atoms with E-state index in [9.17, 15) is 4.79 Å². The first kappa shape index (κ1) is 21.3. The Morgan fingerprint density at radius 3 is 2.58 bits per heavy atom. The van der Waals surface area contributed by atoms with Crippen LogP contribution in [-0.4, -0.2) is 56.9 Å². The first-order chi connectivity index (χ1) is 15.2. The average molecular weight is 427 g/mol. The van der Waals surface area contributed by atoms with E-state index in [1.807, 2.05) is 37.3 Å². The topological polar surface area (TPSA) is 69.3 Å². The molecule has 2 aromatic carbocycles. The maximum absolute atomic E-state index is 12.5. The van der Waals surface area contributed by atoms with Gasteiger partial charge in [-0.2, -0.15) is 0 Å². The monoisotopic (exact) mass is 426 g/mol. The number of nitrogens with zero attached hydrogens (tertiary/aromatic N) is 1. The van der Waals surface area contributed by atoms with Crippen molar-refractivity contribution in [2.75, 3.05) is 46.1 Å². The highest BCUT2D eigenvalue weighted by Gasteiger charge is 2.28. The summed E-state index contributed by atoms with van der Waals surface area (Å²) in [6.45, 7) is 5.93. The number of benzene rings is 2. The summed E-state index contributed by atoms with van der Waals surface area (Å²) in [5, 5.41) is 2.96. The maximum atomic E-state index is 12.5. The lowest BCUT2D eigenvalue weighted by molar-refractivity contribution is -0.122. The van der Waals surface area contributed by atoms with Gasteiger partial charge in [-0.3, -0.25) is 9.69 Å². The van der Waals surface area contributed by atoms with Crippen LogP contribution in [0.4, 0.5) is 0 Å². The van der Waals surface area contributed by atoms with Gasteiger partial charge < -0.3 is 24.3 Å². The molecule has 1 N–H and O–H groups in total. The lowest BCUT2D eigenvalue weighted by atomic mass is 10.0. The van der Waals surface area contributed by atoms with Crippen LogP contribution in [0.3, 0.4) is 0 Å². The van der Waals surface area contributed by atoms with E-state index in [1.54, 1.807) is 0 Å². The van der Waals surface area contributed by atoms with Crippen molar-refractivity contribution in [2.24, 2.45) is 0 Å². The molecule has 2 aromatic rings. The van der Waals surface area contributed by atoms with E-state index in [-0.39, 0.29) is 11.9 Å². The van der Waals surface area contributed by atoms with Crippen LogP contribution in [0.15, 0.2) is 42.5 Å². The summed E-state index contributed by atoms with van der Waals surface area (Å²) >= 11 is 0. The highest BCUT2D eigenvalue weighted by Crippen LogP contribution is 2.37. The van der Waals surface area contributed by atoms with Crippen molar-refractivity contribution < 1.29 is 23.7 Å². The maximum Gasteiger partial charge on any atom is 0.234 e. The molecule has 2 aliphatic rings. The van der Waals surface area contributed by atoms with Crippen molar-refractivity contribution >= 4 is 5.91 Å². The molecule has 0 spiro atoms. The van der Waals surface area contributed by atoms with E-state index < -0.39 is 0 Å². The van der Waals surface area contributed by atoms with Gasteiger partial charge in [-0.05, 0) is 68.3 Å². The zero-order chi connectivity index (χ0) is 21.5. The number of hydrogen-bond acceptors (Lipinski definition) is 6. The van der Waals surface area contributed by atoms with Crippen LogP contribution in [-0.2, 0) is 4.79 Å². The molecule has 4 rings (SSSR count). The molecule has 7 heteroatoms. The van der Waals surface area contributed by atoms with Crippen LogP contribution in [0.2, 0.25) is 0 Å². The predicted octanol–water partition coefficient (Wildman–Crippen LogP) is 3.19. The summed E-state index contributed by atoms with van der Waals surface area (Å²) < 4.78 is 22.4. The number of nitrogens with one attached hydrogen (secondary N) is 1. The van der Waals surface area contributed by atoms with Crippen LogP contribution in [0.5, 0.6) is 23.0 Å². The lowest BCUT2D eigenvalue weighted by Crippen LogP contribution is -2.38. The molecule has 1 atom stereocenters. The van der Waals surface area contributed by atoms with Gasteiger partial charge in [0.15, 0.2) is 11.5 Å². The highest BCUT2D eigenvalue weighted by atomic mass is 16.6. The van der Waals surface area contributed by atoms with Crippen LogP contribution in [0, 0.1) is 0 Å². The van der Waals surface area contributed by atoms with E-state index in [0.717, 1.165) is 42.4 Å². The first-order valence-electron chi connectivity index (χ1n) is 11.0. The molecule has 2 heterocycles. The van der Waals surface area contributed by atoms with Crippen molar-refractivity contribution in [3.8, 4) is 23.0 Å². The Labute approximate surface area is 183 Å². The molecule has 7 nitrogen and oxygen atoms in total. The number of rotatable bonds is 9. The molecule has 166 valence electrons. The zero-order valence-electron chi connectivity index (χ0n) is 18.0. The number of carbonyl (C=O) groups excluding carboxylic acids is 1. The normalized spacial score (nSPS) is 17.9. The first-order valence-corrected chi connectivity index (χ1v) is 11.0. The molecule has 0 aliphatic carbocycles. The molecule has 1 saturated heterocycles. The molecule has 31 heavy (non-hydrogen) atoms. The lowest BCUT2D eigenvalue weighted by Gasteiger charge is -2.26. The van der Waals surface area contributed by atoms with Crippen LogP contribution >= 0.6 is 0 Å². The van der Waals surface area contributed by atoms with Crippen LogP contribution in [0.25, 0.3) is 0 Å². The van der Waals surface area contributed by atoms with Gasteiger partial charge in [0, 0.05) is 6.04 Å². The van der Waals surface area contributed by atoms with Crippen molar-refractivity contribution in [3.63, 3.8) is 0 Å². The molecule has 2 aliphatic heterocycles. The number of likely N-dealkylation sites (tertiary alicyclic amines) is 1. The molecule has 0 radical (unpaired) electrons. The van der Waals surface area contributed by atoms with Gasteiger partial charge >= 0.3 is 0 Å². The van der Waals surface area contributed by atoms with Crippen molar-refractivity contribution in [2.45, 2.75) is 25.8 Å².